The number of aryl methyl sites for hydroxylation is 3. The smallest absolute Gasteiger partial charge is 0.119 e. The molecule has 4 aromatic rings. The first kappa shape index (κ1) is 32.1. The van der Waals surface area contributed by atoms with Gasteiger partial charge in [-0.05, 0) is 74.2 Å². The molecule has 0 fully saturated rings. The van der Waals surface area contributed by atoms with Gasteiger partial charge in [0.1, 0.15) is 5.75 Å². The summed E-state index contributed by atoms with van der Waals surface area (Å²) in [7, 11) is 0. The number of aromatic nitrogens is 3. The minimum atomic E-state index is 0.563. The average Bonchev–Trinajstić information content (AvgIpc) is 3.44. The monoisotopic (exact) mass is 512 g/mol. The molecule has 2 aromatic carbocycles. The summed E-state index contributed by atoms with van der Waals surface area (Å²) in [6.45, 7) is 15.0. The lowest BCUT2D eigenvalue weighted by atomic mass is 10.2. The molecule has 5 nitrogen and oxygen atoms in total. The van der Waals surface area contributed by atoms with Crippen LogP contribution in [-0.4, -0.2) is 21.4 Å². The van der Waals surface area contributed by atoms with Crippen molar-refractivity contribution in [2.45, 2.75) is 74.1 Å². The van der Waals surface area contributed by atoms with Gasteiger partial charge in [-0.2, -0.15) is 10.4 Å². The van der Waals surface area contributed by atoms with Gasteiger partial charge < -0.3 is 4.74 Å². The Morgan fingerprint density at radius 3 is 2.13 bits per heavy atom. The van der Waals surface area contributed by atoms with Gasteiger partial charge >= 0.3 is 0 Å². The van der Waals surface area contributed by atoms with Gasteiger partial charge in [-0.3, -0.25) is 4.98 Å². The van der Waals surface area contributed by atoms with Crippen LogP contribution in [0.1, 0.15) is 71.2 Å². The molecular weight excluding hydrogens is 468 g/mol. The Bertz CT molecular complexity index is 1170. The van der Waals surface area contributed by atoms with Crippen LogP contribution in [0.4, 0.5) is 0 Å². The summed E-state index contributed by atoms with van der Waals surface area (Å²) in [6, 6.07) is 24.7. The van der Waals surface area contributed by atoms with E-state index >= 15 is 0 Å². The van der Waals surface area contributed by atoms with E-state index in [4.69, 9.17) is 15.1 Å². The molecule has 0 aliphatic carbocycles. The summed E-state index contributed by atoms with van der Waals surface area (Å²) >= 11 is 0. The molecule has 0 amide bonds. The molecule has 0 unspecified atom stereocenters. The van der Waals surface area contributed by atoms with E-state index in [0.29, 0.717) is 13.0 Å². The predicted molar refractivity (Wildman–Crippen MR) is 160 cm³/mol. The highest BCUT2D eigenvalue weighted by atomic mass is 16.5. The average molecular weight is 513 g/mol. The number of hydrogen-bond donors (Lipinski definition) is 0. The van der Waals surface area contributed by atoms with Gasteiger partial charge in [0.15, 0.2) is 0 Å². The highest BCUT2D eigenvalue weighted by Gasteiger charge is 2.09. The van der Waals surface area contributed by atoms with E-state index < -0.39 is 0 Å². The number of unbranched alkanes of at least 4 members (excludes halogenated alkanes) is 1. The number of hydrogen-bond acceptors (Lipinski definition) is 4. The first-order valence-corrected chi connectivity index (χ1v) is 13.8. The SMILES string of the molecule is CC.CC.CCc1cc(-c2cccnc2)nn1-c1ccc(C)cc1.CCc1ccc(OCCCC#N)cc1. The predicted octanol–water partition coefficient (Wildman–Crippen LogP) is 8.79. The molecule has 2 aromatic heterocycles. The number of ether oxygens (including phenoxy) is 1. The van der Waals surface area contributed by atoms with Gasteiger partial charge in [0.2, 0.25) is 0 Å². The molecule has 0 aliphatic heterocycles. The normalized spacial score (nSPS) is 9.42. The van der Waals surface area contributed by atoms with Crippen LogP contribution in [0.25, 0.3) is 16.9 Å². The van der Waals surface area contributed by atoms with E-state index in [-0.39, 0.29) is 0 Å². The fourth-order valence-electron chi connectivity index (χ4n) is 3.40. The van der Waals surface area contributed by atoms with Crippen molar-refractivity contribution in [1.29, 1.82) is 5.26 Å². The summed E-state index contributed by atoms with van der Waals surface area (Å²) in [6.07, 6.45) is 6.98. The van der Waals surface area contributed by atoms with Gasteiger partial charge in [0.05, 0.1) is 24.1 Å². The highest BCUT2D eigenvalue weighted by Crippen LogP contribution is 2.21. The molecule has 38 heavy (non-hydrogen) atoms. The largest absolute Gasteiger partial charge is 0.494 e. The molecular formula is C33H44N4O. The van der Waals surface area contributed by atoms with E-state index in [1.54, 1.807) is 6.20 Å². The van der Waals surface area contributed by atoms with Crippen molar-refractivity contribution in [3.8, 4) is 28.8 Å². The lowest BCUT2D eigenvalue weighted by molar-refractivity contribution is 0.312. The summed E-state index contributed by atoms with van der Waals surface area (Å²) in [5.74, 6) is 0.889. The standard InChI is InChI=1S/C17H17N3.C12H15NO.2C2H6/c1-3-15-11-17(14-5-4-10-18-12-14)19-20(15)16-8-6-13(2)7-9-16;1-2-11-5-7-12(8-6-11)14-10-4-3-9-13;2*1-2/h4-12H,3H2,1-2H3;5-8H,2-4,10H2,1H3;2*1-2H3. The Balaban J connectivity index is 0.000000354. The Morgan fingerprint density at radius 2 is 1.58 bits per heavy atom. The Labute approximate surface area is 230 Å². The van der Waals surface area contributed by atoms with Gasteiger partial charge in [0, 0.05) is 30.1 Å². The third-order valence-corrected chi connectivity index (χ3v) is 5.41. The van der Waals surface area contributed by atoms with Gasteiger partial charge in [0.25, 0.3) is 0 Å². The molecule has 0 spiro atoms. The zero-order valence-electron chi connectivity index (χ0n) is 24.2. The van der Waals surface area contributed by atoms with Crippen LogP contribution >= 0.6 is 0 Å². The van der Waals surface area contributed by atoms with Crippen molar-refractivity contribution in [3.05, 3.63) is 95.9 Å². The summed E-state index contributed by atoms with van der Waals surface area (Å²) in [5, 5.41) is 13.1. The number of nitrogens with zero attached hydrogens (tertiary/aromatic N) is 4. The van der Waals surface area contributed by atoms with Crippen LogP contribution in [0.5, 0.6) is 5.75 Å². The summed E-state index contributed by atoms with van der Waals surface area (Å²) in [5.41, 5.74) is 6.89. The molecule has 2 heterocycles. The first-order chi connectivity index (χ1) is 18.6. The topological polar surface area (TPSA) is 63.7 Å². The van der Waals surface area contributed by atoms with E-state index in [0.717, 1.165) is 42.0 Å². The maximum atomic E-state index is 8.33. The maximum absolute atomic E-state index is 8.33. The van der Waals surface area contributed by atoms with Crippen LogP contribution in [0.15, 0.2) is 79.1 Å². The molecule has 202 valence electrons. The van der Waals surface area contributed by atoms with Crippen molar-refractivity contribution >= 4 is 0 Å². The number of pyridine rings is 1. The zero-order valence-corrected chi connectivity index (χ0v) is 24.2. The van der Waals surface area contributed by atoms with Gasteiger partial charge in [-0.15, -0.1) is 0 Å². The quantitative estimate of drug-likeness (QED) is 0.221. The molecule has 4 rings (SSSR count). The van der Waals surface area contributed by atoms with Crippen molar-refractivity contribution in [3.63, 3.8) is 0 Å². The third-order valence-electron chi connectivity index (χ3n) is 5.41. The molecule has 5 heteroatoms. The molecule has 0 saturated carbocycles. The Morgan fingerprint density at radius 1 is 0.895 bits per heavy atom. The Hall–Kier alpha value is -3.91. The van der Waals surface area contributed by atoms with E-state index in [1.165, 1.54) is 16.8 Å². The Kier molecular flexibility index (Phi) is 16.3. The van der Waals surface area contributed by atoms with Crippen molar-refractivity contribution in [2.75, 3.05) is 6.61 Å². The highest BCUT2D eigenvalue weighted by molar-refractivity contribution is 5.58. The first-order valence-electron chi connectivity index (χ1n) is 13.8. The second-order valence-electron chi connectivity index (χ2n) is 7.97. The number of rotatable bonds is 8. The lowest BCUT2D eigenvalue weighted by Gasteiger charge is -2.05. The van der Waals surface area contributed by atoms with Crippen molar-refractivity contribution < 1.29 is 4.74 Å². The fourth-order valence-corrected chi connectivity index (χ4v) is 3.40. The van der Waals surface area contributed by atoms with Crippen molar-refractivity contribution in [1.82, 2.24) is 14.8 Å². The molecule has 0 atom stereocenters. The van der Waals surface area contributed by atoms with Crippen LogP contribution in [-0.2, 0) is 12.8 Å². The number of benzene rings is 2. The van der Waals surface area contributed by atoms with E-state index in [1.807, 2.05) is 62.8 Å². The molecule has 0 N–H and O–H groups in total. The van der Waals surface area contributed by atoms with E-state index in [2.05, 4.69) is 74.3 Å². The van der Waals surface area contributed by atoms with Gasteiger partial charge in [-0.25, -0.2) is 4.68 Å². The minimum absolute atomic E-state index is 0.563. The second kappa shape index (κ2) is 19.2. The van der Waals surface area contributed by atoms with Crippen LogP contribution in [0.3, 0.4) is 0 Å². The zero-order chi connectivity index (χ0) is 28.2. The molecule has 0 radical (unpaired) electrons. The van der Waals surface area contributed by atoms with Crippen LogP contribution in [0.2, 0.25) is 0 Å². The molecule has 0 saturated heterocycles. The molecule has 0 bridgehead atoms. The van der Waals surface area contributed by atoms with E-state index in [9.17, 15) is 0 Å². The molecule has 0 aliphatic rings. The third kappa shape index (κ3) is 10.6. The fraction of sp³-hybridized carbons (Fsp3) is 0.364. The summed E-state index contributed by atoms with van der Waals surface area (Å²) in [4.78, 5) is 4.16. The van der Waals surface area contributed by atoms with Gasteiger partial charge in [-0.1, -0.05) is 71.4 Å². The van der Waals surface area contributed by atoms with Crippen molar-refractivity contribution in [2.24, 2.45) is 0 Å². The lowest BCUT2D eigenvalue weighted by Crippen LogP contribution is -2.01. The minimum Gasteiger partial charge on any atom is -0.494 e. The summed E-state index contributed by atoms with van der Waals surface area (Å²) < 4.78 is 7.47. The van der Waals surface area contributed by atoms with Crippen LogP contribution in [0, 0.1) is 18.3 Å². The second-order valence-corrected chi connectivity index (χ2v) is 7.97. The van der Waals surface area contributed by atoms with Crippen LogP contribution < -0.4 is 4.74 Å². The maximum Gasteiger partial charge on any atom is 0.119 e. The number of nitriles is 1.